The van der Waals surface area contributed by atoms with Crippen LogP contribution in [0, 0.1) is 6.92 Å². The van der Waals surface area contributed by atoms with Crippen molar-refractivity contribution in [1.29, 1.82) is 0 Å². The van der Waals surface area contributed by atoms with Crippen LogP contribution in [-0.2, 0) is 15.8 Å². The van der Waals surface area contributed by atoms with E-state index in [9.17, 15) is 13.2 Å². The third kappa shape index (κ3) is 6.58. The first-order chi connectivity index (χ1) is 16.4. The maximum Gasteiger partial charge on any atom is 0.264 e. The number of hydrogen-bond donors (Lipinski definition) is 1. The summed E-state index contributed by atoms with van der Waals surface area (Å²) in [6, 6.07) is 21.9. The van der Waals surface area contributed by atoms with Gasteiger partial charge < -0.3 is 5.32 Å². The van der Waals surface area contributed by atoms with Gasteiger partial charge >= 0.3 is 0 Å². The van der Waals surface area contributed by atoms with Crippen LogP contribution in [0.25, 0.3) is 0 Å². The number of hydrogen-bond acceptors (Lipinski definition) is 5. The fourth-order valence-corrected chi connectivity index (χ4v) is 6.25. The molecule has 0 aliphatic rings. The van der Waals surface area contributed by atoms with Gasteiger partial charge in [-0.3, -0.25) is 9.10 Å². The molecule has 0 bridgehead atoms. The molecule has 180 valence electrons. The van der Waals surface area contributed by atoms with Crippen molar-refractivity contribution in [2.75, 3.05) is 29.4 Å². The minimum atomic E-state index is -3.69. The Hall–Kier alpha value is -2.42. The highest BCUT2D eigenvalue weighted by molar-refractivity contribution is 7.98. The summed E-state index contributed by atoms with van der Waals surface area (Å²) in [7, 11) is -3.69. The van der Waals surface area contributed by atoms with Crippen molar-refractivity contribution in [3.05, 3.63) is 89.5 Å². The van der Waals surface area contributed by atoms with Gasteiger partial charge in [-0.2, -0.15) is 11.8 Å². The molecule has 0 atom stereocenters. The fraction of sp³-hybridized carbons (Fsp3) is 0.269. The highest BCUT2D eigenvalue weighted by Crippen LogP contribution is 2.25. The van der Waals surface area contributed by atoms with Crippen molar-refractivity contribution < 1.29 is 13.2 Å². The topological polar surface area (TPSA) is 66.5 Å². The highest BCUT2D eigenvalue weighted by Gasteiger charge is 2.23. The number of amides is 1. The van der Waals surface area contributed by atoms with Crippen LogP contribution in [0.2, 0.25) is 0 Å². The lowest BCUT2D eigenvalue weighted by Gasteiger charge is -2.23. The number of nitrogens with zero attached hydrogens (tertiary/aromatic N) is 1. The molecule has 0 aliphatic heterocycles. The summed E-state index contributed by atoms with van der Waals surface area (Å²) >= 11 is 3.34. The van der Waals surface area contributed by atoms with Gasteiger partial charge in [-0.05, 0) is 79.8 Å². The maximum atomic E-state index is 13.1. The van der Waals surface area contributed by atoms with Crippen LogP contribution in [0.15, 0.2) is 82.6 Å². The van der Waals surface area contributed by atoms with Crippen LogP contribution < -0.4 is 9.62 Å². The van der Waals surface area contributed by atoms with E-state index < -0.39 is 10.0 Å². The van der Waals surface area contributed by atoms with Crippen LogP contribution in [0.3, 0.4) is 0 Å². The molecular formula is C26H30N2O3S3. The molecule has 0 spiro atoms. The monoisotopic (exact) mass is 514 g/mol. The summed E-state index contributed by atoms with van der Waals surface area (Å²) in [4.78, 5) is 13.8. The van der Waals surface area contributed by atoms with Gasteiger partial charge in [-0.1, -0.05) is 24.3 Å². The van der Waals surface area contributed by atoms with Gasteiger partial charge in [-0.15, -0.1) is 11.8 Å². The smallest absolute Gasteiger partial charge is 0.264 e. The molecule has 0 aliphatic carbocycles. The van der Waals surface area contributed by atoms with Gasteiger partial charge in [0.15, 0.2) is 0 Å². The Morgan fingerprint density at radius 1 is 0.971 bits per heavy atom. The Kier molecular flexibility index (Phi) is 9.50. The number of benzene rings is 3. The third-order valence-corrected chi connectivity index (χ3v) is 9.07. The second-order valence-corrected chi connectivity index (χ2v) is 11.5. The number of anilines is 1. The SMILES string of the molecule is CCN(c1ccc(C(=O)NCCSCc2ccccc2C)cc1)S(=O)(=O)c1ccc(SC)cc1. The first-order valence-electron chi connectivity index (χ1n) is 11.0. The van der Waals surface area contributed by atoms with Crippen molar-refractivity contribution >= 4 is 45.1 Å². The van der Waals surface area contributed by atoms with Gasteiger partial charge in [0.1, 0.15) is 0 Å². The summed E-state index contributed by atoms with van der Waals surface area (Å²) in [5, 5.41) is 2.94. The molecule has 3 aromatic rings. The van der Waals surface area contributed by atoms with Crippen LogP contribution in [0.5, 0.6) is 0 Å². The molecule has 5 nitrogen and oxygen atoms in total. The normalized spacial score (nSPS) is 11.3. The Balaban J connectivity index is 1.57. The van der Waals surface area contributed by atoms with Crippen LogP contribution >= 0.6 is 23.5 Å². The first kappa shape index (κ1) is 26.2. The van der Waals surface area contributed by atoms with E-state index in [1.54, 1.807) is 79.0 Å². The molecule has 0 unspecified atom stereocenters. The van der Waals surface area contributed by atoms with Crippen molar-refractivity contribution in [2.45, 2.75) is 29.4 Å². The molecule has 0 fully saturated rings. The number of thioether (sulfide) groups is 2. The third-order valence-electron chi connectivity index (χ3n) is 5.40. The number of carbonyl (C=O) groups is 1. The number of sulfonamides is 1. The van der Waals surface area contributed by atoms with Gasteiger partial charge in [0, 0.05) is 35.1 Å². The summed E-state index contributed by atoms with van der Waals surface area (Å²) in [5.41, 5.74) is 3.62. The van der Waals surface area contributed by atoms with E-state index in [4.69, 9.17) is 0 Å². The van der Waals surface area contributed by atoms with Gasteiger partial charge in [0.2, 0.25) is 0 Å². The fourth-order valence-electron chi connectivity index (χ4n) is 3.44. The summed E-state index contributed by atoms with van der Waals surface area (Å²) < 4.78 is 27.6. The van der Waals surface area contributed by atoms with E-state index in [1.165, 1.54) is 15.4 Å². The summed E-state index contributed by atoms with van der Waals surface area (Å²) in [5.74, 6) is 1.56. The highest BCUT2D eigenvalue weighted by atomic mass is 32.2. The van der Waals surface area contributed by atoms with E-state index in [1.807, 2.05) is 18.4 Å². The van der Waals surface area contributed by atoms with Crippen LogP contribution in [0.4, 0.5) is 5.69 Å². The quantitative estimate of drug-likeness (QED) is 0.267. The number of aryl methyl sites for hydroxylation is 1. The molecule has 1 amide bonds. The Morgan fingerprint density at radius 3 is 2.26 bits per heavy atom. The van der Waals surface area contributed by atoms with Crippen LogP contribution in [0.1, 0.15) is 28.4 Å². The van der Waals surface area contributed by atoms with Gasteiger partial charge in [0.05, 0.1) is 10.6 Å². The largest absolute Gasteiger partial charge is 0.351 e. The second kappa shape index (κ2) is 12.3. The molecule has 0 saturated carbocycles. The average Bonchev–Trinajstić information content (AvgIpc) is 2.85. The zero-order valence-corrected chi connectivity index (χ0v) is 22.1. The lowest BCUT2D eigenvalue weighted by Crippen LogP contribution is -2.31. The average molecular weight is 515 g/mol. The minimum Gasteiger partial charge on any atom is -0.351 e. The molecule has 0 aromatic heterocycles. The van der Waals surface area contributed by atoms with Crippen molar-refractivity contribution in [3.63, 3.8) is 0 Å². The van der Waals surface area contributed by atoms with Crippen molar-refractivity contribution in [1.82, 2.24) is 5.32 Å². The molecule has 3 aromatic carbocycles. The number of rotatable bonds is 11. The number of nitrogens with one attached hydrogen (secondary N) is 1. The lowest BCUT2D eigenvalue weighted by atomic mass is 10.1. The van der Waals surface area contributed by atoms with Crippen LogP contribution in [-0.4, -0.2) is 39.4 Å². The molecule has 34 heavy (non-hydrogen) atoms. The Labute approximate surface area is 211 Å². The summed E-state index contributed by atoms with van der Waals surface area (Å²) in [6.45, 7) is 4.76. The molecule has 0 radical (unpaired) electrons. The van der Waals surface area contributed by atoms with E-state index >= 15 is 0 Å². The first-order valence-corrected chi connectivity index (χ1v) is 14.9. The Morgan fingerprint density at radius 2 is 1.65 bits per heavy atom. The Bertz CT molecular complexity index is 1190. The van der Waals surface area contributed by atoms with E-state index in [-0.39, 0.29) is 17.3 Å². The van der Waals surface area contributed by atoms with E-state index in [0.717, 1.165) is 16.4 Å². The zero-order valence-electron chi connectivity index (χ0n) is 19.7. The molecule has 8 heteroatoms. The predicted octanol–water partition coefficient (Wildman–Crippen LogP) is 5.60. The van der Waals surface area contributed by atoms with E-state index in [0.29, 0.717) is 17.8 Å². The lowest BCUT2D eigenvalue weighted by molar-refractivity contribution is 0.0956. The standard InChI is InChI=1S/C26H30N2O3S3/c1-4-28(34(30,31)25-15-13-24(32-3)14-16-25)23-11-9-21(10-12-23)26(29)27-17-18-33-19-22-8-6-5-7-20(22)2/h5-16H,4,17-19H2,1-3H3,(H,27,29). The minimum absolute atomic E-state index is 0.165. The molecular weight excluding hydrogens is 484 g/mol. The molecule has 0 heterocycles. The number of carbonyl (C=O) groups excluding carboxylic acids is 1. The zero-order chi connectivity index (χ0) is 24.6. The predicted molar refractivity (Wildman–Crippen MR) is 145 cm³/mol. The van der Waals surface area contributed by atoms with Gasteiger partial charge in [0.25, 0.3) is 15.9 Å². The van der Waals surface area contributed by atoms with E-state index in [2.05, 4.69) is 24.4 Å². The molecule has 1 N–H and O–H groups in total. The maximum absolute atomic E-state index is 13.1. The second-order valence-electron chi connectivity index (χ2n) is 7.63. The van der Waals surface area contributed by atoms with Crippen molar-refractivity contribution in [3.8, 4) is 0 Å². The van der Waals surface area contributed by atoms with Gasteiger partial charge in [-0.25, -0.2) is 8.42 Å². The van der Waals surface area contributed by atoms with Crippen molar-refractivity contribution in [2.24, 2.45) is 0 Å². The molecule has 0 saturated heterocycles. The summed E-state index contributed by atoms with van der Waals surface area (Å²) in [6.07, 6.45) is 1.95. The molecule has 3 rings (SSSR count).